The molecule has 0 spiro atoms. The second-order valence-corrected chi connectivity index (χ2v) is 22.2. The number of fused-ring (bicyclic) bond motifs is 2. The highest BCUT2D eigenvalue weighted by molar-refractivity contribution is 6.05. The van der Waals surface area contributed by atoms with Crippen molar-refractivity contribution in [1.29, 1.82) is 0 Å². The number of aromatic nitrogens is 9. The van der Waals surface area contributed by atoms with Crippen molar-refractivity contribution in [2.24, 2.45) is 5.92 Å². The summed E-state index contributed by atoms with van der Waals surface area (Å²) in [5.74, 6) is -0.317. The number of urea groups is 1. The fourth-order valence-electron chi connectivity index (χ4n) is 11.0. The average Bonchev–Trinajstić information content (AvgIpc) is 1.42. The summed E-state index contributed by atoms with van der Waals surface area (Å²) in [5.41, 5.74) is 7.04. The van der Waals surface area contributed by atoms with Crippen molar-refractivity contribution < 1.29 is 47.9 Å². The van der Waals surface area contributed by atoms with E-state index in [9.17, 15) is 24.6 Å². The Labute approximate surface area is 483 Å². The number of hydrogen-bond acceptors (Lipinski definition) is 16. The SMILES string of the molecule is CNCCNC(=O)N1CC(Oc2cc(OC[C@H](C)OC)nc3c(OCc4ccc(-c5cn([C@H](C(=O)N6C[C@H](O)C[C@H]6C(=O)N[C@@H](CO)c6ccc(-n7cncn7)cc6)C(C)C)nn5)cc4)c(-c4c(C)c(F)cc5[nH]ncc45)c(C4CC4)cc23)C1. The lowest BCUT2D eigenvalue weighted by molar-refractivity contribution is -0.142. The van der Waals surface area contributed by atoms with Gasteiger partial charge in [-0.05, 0) is 92.1 Å². The number of pyridine rings is 1. The lowest BCUT2D eigenvalue weighted by Gasteiger charge is -2.39. The van der Waals surface area contributed by atoms with Crippen LogP contribution in [0.25, 0.3) is 49.9 Å². The molecule has 2 saturated heterocycles. The average molecular weight is 1150 g/mol. The van der Waals surface area contributed by atoms with Gasteiger partial charge in [-0.15, -0.1) is 5.10 Å². The van der Waals surface area contributed by atoms with Crippen molar-refractivity contribution in [2.45, 2.75) is 95.9 Å². The van der Waals surface area contributed by atoms with Crippen LogP contribution in [0.4, 0.5) is 9.18 Å². The Morgan fingerprint density at radius 1 is 0.952 bits per heavy atom. The molecule has 23 nitrogen and oxygen atoms in total. The molecule has 0 bridgehead atoms. The number of ether oxygens (including phenoxy) is 4. The molecule has 3 fully saturated rings. The van der Waals surface area contributed by atoms with Gasteiger partial charge in [-0.25, -0.2) is 28.5 Å². The van der Waals surface area contributed by atoms with Crippen LogP contribution in [0, 0.1) is 18.7 Å². The van der Waals surface area contributed by atoms with Crippen molar-refractivity contribution in [3.8, 4) is 45.5 Å². The summed E-state index contributed by atoms with van der Waals surface area (Å²) in [6.07, 6.45) is 6.68. The molecule has 6 heterocycles. The highest BCUT2D eigenvalue weighted by Gasteiger charge is 2.43. The number of carbonyl (C=O) groups is 3. The number of H-pyrrole nitrogens is 1. The van der Waals surface area contributed by atoms with E-state index >= 15 is 4.39 Å². The third kappa shape index (κ3) is 12.0. The predicted octanol–water partition coefficient (Wildman–Crippen LogP) is 5.94. The number of rotatable bonds is 23. The van der Waals surface area contributed by atoms with Gasteiger partial charge in [0, 0.05) is 66.7 Å². The Bertz CT molecular complexity index is 3640. The number of aliphatic hydroxyl groups is 2. The summed E-state index contributed by atoms with van der Waals surface area (Å²) in [5, 5.41) is 51.9. The Kier molecular flexibility index (Phi) is 16.8. The van der Waals surface area contributed by atoms with Crippen molar-refractivity contribution in [3.05, 3.63) is 120 Å². The van der Waals surface area contributed by atoms with Gasteiger partial charge in [-0.3, -0.25) is 14.7 Å². The van der Waals surface area contributed by atoms with Gasteiger partial charge in [0.05, 0.1) is 61.5 Å². The van der Waals surface area contributed by atoms with Gasteiger partial charge < -0.3 is 54.9 Å². The number of carbonyl (C=O) groups excluding carboxylic acids is 3. The molecule has 0 radical (unpaired) electrons. The second-order valence-electron chi connectivity index (χ2n) is 22.2. The van der Waals surface area contributed by atoms with E-state index in [1.807, 2.05) is 52.1 Å². The molecule has 0 unspecified atom stereocenters. The number of β-amino-alcohol motifs (C(OH)–C–C–N with tert-alkyl or cyclic N) is 1. The first-order chi connectivity index (χ1) is 40.7. The number of hydrogen-bond donors (Lipinski definition) is 6. The Morgan fingerprint density at radius 3 is 2.44 bits per heavy atom. The number of halogens is 1. The third-order valence-electron chi connectivity index (χ3n) is 15.8. The van der Waals surface area contributed by atoms with Crippen LogP contribution in [-0.2, 0) is 20.9 Å². The zero-order valence-electron chi connectivity index (χ0n) is 47.7. The molecule has 5 atom stereocenters. The number of amides is 4. The molecule has 11 rings (SSSR count). The molecule has 2 aliphatic heterocycles. The summed E-state index contributed by atoms with van der Waals surface area (Å²) in [6.45, 7) is 9.06. The molecule has 24 heteroatoms. The van der Waals surface area contributed by atoms with Crippen molar-refractivity contribution in [2.75, 3.05) is 60.1 Å². The number of aromatic amines is 1. The van der Waals surface area contributed by atoms with E-state index in [0.29, 0.717) is 87.6 Å². The molecule has 1 aliphatic carbocycles. The number of benzene rings is 4. The first-order valence-corrected chi connectivity index (χ1v) is 28.3. The summed E-state index contributed by atoms with van der Waals surface area (Å²) < 4.78 is 44.9. The standard InChI is InChI=1S/C60H69FN14O9/c1-33(2)56(59(79)73-24-41(77)19-50(73)58(78)67-49(28-76)39-13-15-40(16-14-39)75-32-63-31-66-75)74-27-48(70-71-74)38-9-7-36(8-10-38)30-83-57-54(53-35(4)46(61)21-47-45(53)23-65-69-47)43(37-11-12-37)20-44-51(22-52(68-55(44)57)82-29-34(3)81-6)84-42-25-72(26-42)60(80)64-18-17-62-5/h7-10,13-16,20-23,27,31-34,37,41-42,49-50,56,62,76-77H,11-12,17-19,24-26,28-30H2,1-6H3,(H,64,80)(H,65,69)(H,67,78)/t34-,41+,49-,50-,56-/m0/s1. The smallest absolute Gasteiger partial charge is 0.317 e. The number of likely N-dealkylation sites (tertiary alicyclic amines) is 2. The first kappa shape index (κ1) is 57.2. The maximum atomic E-state index is 16.1. The minimum Gasteiger partial charge on any atom is -0.486 e. The maximum Gasteiger partial charge on any atom is 0.317 e. The zero-order chi connectivity index (χ0) is 58.8. The van der Waals surface area contributed by atoms with Crippen LogP contribution in [-0.4, -0.2) is 167 Å². The number of nitrogens with one attached hydrogen (secondary N) is 4. The van der Waals surface area contributed by atoms with Gasteiger partial charge >= 0.3 is 6.03 Å². The van der Waals surface area contributed by atoms with E-state index < -0.39 is 48.5 Å². The molecule has 8 aromatic rings. The highest BCUT2D eigenvalue weighted by Crippen LogP contribution is 2.53. The first-order valence-electron chi connectivity index (χ1n) is 28.3. The Morgan fingerprint density at radius 2 is 1.74 bits per heavy atom. The van der Waals surface area contributed by atoms with Crippen molar-refractivity contribution >= 4 is 39.7 Å². The number of methoxy groups -OCH3 is 1. The van der Waals surface area contributed by atoms with Crippen LogP contribution in [0.15, 0.2) is 91.8 Å². The van der Waals surface area contributed by atoms with Gasteiger partial charge in [-0.2, -0.15) is 10.2 Å². The second kappa shape index (κ2) is 24.7. The monoisotopic (exact) mass is 1150 g/mol. The fourth-order valence-corrected chi connectivity index (χ4v) is 11.0. The van der Waals surface area contributed by atoms with Gasteiger partial charge in [0.25, 0.3) is 0 Å². The molecule has 6 N–H and O–H groups in total. The van der Waals surface area contributed by atoms with Gasteiger partial charge in [0.15, 0.2) is 5.75 Å². The molecule has 4 aromatic heterocycles. The van der Waals surface area contributed by atoms with Gasteiger partial charge in [-0.1, -0.05) is 55.5 Å². The van der Waals surface area contributed by atoms with E-state index in [-0.39, 0.29) is 62.1 Å². The number of nitrogens with zero attached hydrogens (tertiary/aromatic N) is 10. The van der Waals surface area contributed by atoms with Crippen LogP contribution in [0.5, 0.6) is 17.4 Å². The molecular weight excluding hydrogens is 1080 g/mol. The number of likely N-dealkylation sites (N-methyl/N-ethyl adjacent to an activating group) is 1. The fraction of sp³-hybridized carbons (Fsp3) is 0.417. The molecule has 440 valence electrons. The molecule has 4 aromatic carbocycles. The summed E-state index contributed by atoms with van der Waals surface area (Å²) >= 11 is 0. The minimum absolute atomic E-state index is 0.0158. The maximum absolute atomic E-state index is 16.1. The molecule has 4 amide bonds. The van der Waals surface area contributed by atoms with Crippen LogP contribution >= 0.6 is 0 Å². The van der Waals surface area contributed by atoms with Crippen LogP contribution in [0.1, 0.15) is 80.3 Å². The third-order valence-corrected chi connectivity index (χ3v) is 15.8. The van der Waals surface area contributed by atoms with Gasteiger partial charge in [0.2, 0.25) is 17.7 Å². The van der Waals surface area contributed by atoms with Gasteiger partial charge in [0.1, 0.15) is 66.8 Å². The van der Waals surface area contributed by atoms with E-state index in [1.54, 1.807) is 72.7 Å². The topological polar surface area (TPSA) is 274 Å². The van der Waals surface area contributed by atoms with Crippen LogP contribution in [0.2, 0.25) is 0 Å². The highest BCUT2D eigenvalue weighted by atomic mass is 19.1. The minimum atomic E-state index is -1.01. The lowest BCUT2D eigenvalue weighted by atomic mass is 9.88. The predicted molar refractivity (Wildman–Crippen MR) is 308 cm³/mol. The van der Waals surface area contributed by atoms with E-state index in [0.717, 1.165) is 35.0 Å². The van der Waals surface area contributed by atoms with E-state index in [1.165, 1.54) is 22.0 Å². The number of aliphatic hydroxyl groups excluding tert-OH is 2. The summed E-state index contributed by atoms with van der Waals surface area (Å²) in [7, 11) is 3.43. The Balaban J connectivity index is 0.866. The molecule has 3 aliphatic rings. The summed E-state index contributed by atoms with van der Waals surface area (Å²) in [6, 6.07) is 17.2. The Hall–Kier alpha value is -8.58. The van der Waals surface area contributed by atoms with Crippen molar-refractivity contribution in [1.82, 2.24) is 70.7 Å². The quantitative estimate of drug-likeness (QED) is 0.0405. The van der Waals surface area contributed by atoms with Crippen LogP contribution < -0.4 is 30.2 Å². The molecular formula is C60H69FN14O9. The van der Waals surface area contributed by atoms with E-state index in [4.69, 9.17) is 23.9 Å². The molecule has 84 heavy (non-hydrogen) atoms. The normalized spacial score (nSPS) is 17.4. The lowest BCUT2D eigenvalue weighted by Crippen LogP contribution is -2.59. The molecule has 1 saturated carbocycles. The van der Waals surface area contributed by atoms with Crippen LogP contribution in [0.3, 0.4) is 0 Å². The van der Waals surface area contributed by atoms with E-state index in [2.05, 4.69) is 52.6 Å². The largest absolute Gasteiger partial charge is 0.486 e. The van der Waals surface area contributed by atoms with Crippen molar-refractivity contribution in [3.63, 3.8) is 0 Å². The summed E-state index contributed by atoms with van der Waals surface area (Å²) in [4.78, 5) is 53.7. The zero-order valence-corrected chi connectivity index (χ0v) is 47.7.